The maximum absolute atomic E-state index is 12.7. The molecular formula is C21H25N3O5. The number of carbonyl (C=O) groups is 3. The van der Waals surface area contributed by atoms with Crippen molar-refractivity contribution in [1.29, 1.82) is 0 Å². The Morgan fingerprint density at radius 1 is 1.17 bits per heavy atom. The average molecular weight is 399 g/mol. The van der Waals surface area contributed by atoms with E-state index in [1.165, 1.54) is 38.6 Å². The number of aliphatic hydroxyl groups excluding tert-OH is 1. The van der Waals surface area contributed by atoms with Crippen LogP contribution in [0.25, 0.3) is 0 Å². The summed E-state index contributed by atoms with van der Waals surface area (Å²) in [6, 6.07) is 6.28. The molecule has 1 aromatic carbocycles. The molecule has 29 heavy (non-hydrogen) atoms. The van der Waals surface area contributed by atoms with Crippen LogP contribution in [0.3, 0.4) is 0 Å². The summed E-state index contributed by atoms with van der Waals surface area (Å²) in [6.45, 7) is 3.19. The predicted molar refractivity (Wildman–Crippen MR) is 106 cm³/mol. The van der Waals surface area contributed by atoms with Crippen LogP contribution in [0.5, 0.6) is 0 Å². The monoisotopic (exact) mass is 399 g/mol. The van der Waals surface area contributed by atoms with Crippen LogP contribution in [0.4, 0.5) is 0 Å². The molecule has 154 valence electrons. The fourth-order valence-electron chi connectivity index (χ4n) is 2.29. The van der Waals surface area contributed by atoms with Gasteiger partial charge >= 0.3 is 0 Å². The first-order valence-corrected chi connectivity index (χ1v) is 8.87. The number of hydrogen-bond donors (Lipinski definition) is 4. The van der Waals surface area contributed by atoms with Gasteiger partial charge in [-0.1, -0.05) is 18.8 Å². The van der Waals surface area contributed by atoms with Gasteiger partial charge in [0.2, 0.25) is 0 Å². The first-order valence-electron chi connectivity index (χ1n) is 8.87. The van der Waals surface area contributed by atoms with Gasteiger partial charge in [0.05, 0.1) is 0 Å². The zero-order valence-corrected chi connectivity index (χ0v) is 16.9. The van der Waals surface area contributed by atoms with Gasteiger partial charge in [-0.25, -0.2) is 5.48 Å². The highest BCUT2D eigenvalue weighted by molar-refractivity contribution is 6.12. The Balaban J connectivity index is 2.99. The van der Waals surface area contributed by atoms with E-state index in [9.17, 15) is 14.4 Å². The Morgan fingerprint density at radius 3 is 2.31 bits per heavy atom. The Kier molecular flexibility index (Phi) is 8.88. The Bertz CT molecular complexity index is 856. The van der Waals surface area contributed by atoms with Crippen molar-refractivity contribution in [2.24, 2.45) is 5.92 Å². The van der Waals surface area contributed by atoms with Gasteiger partial charge in [-0.05, 0) is 48.9 Å². The van der Waals surface area contributed by atoms with Gasteiger partial charge in [-0.3, -0.25) is 19.6 Å². The largest absolute Gasteiger partial charge is 0.396 e. The summed E-state index contributed by atoms with van der Waals surface area (Å²) in [5, 5.41) is 20.2. The van der Waals surface area contributed by atoms with Crippen molar-refractivity contribution in [2.75, 3.05) is 20.7 Å². The van der Waals surface area contributed by atoms with Crippen LogP contribution in [-0.2, 0) is 9.59 Å². The minimum Gasteiger partial charge on any atom is -0.396 e. The number of aliphatic hydroxyl groups is 1. The summed E-state index contributed by atoms with van der Waals surface area (Å²) in [5.74, 6) is 8.83. The Hall–Kier alpha value is -3.33. The quantitative estimate of drug-likeness (QED) is 0.235. The third kappa shape index (κ3) is 5.82. The normalized spacial score (nSPS) is 12.8. The summed E-state index contributed by atoms with van der Waals surface area (Å²) in [5.41, 5.74) is 0.351. The molecule has 0 saturated carbocycles. The maximum atomic E-state index is 12.7. The fourth-order valence-corrected chi connectivity index (χ4v) is 2.29. The van der Waals surface area contributed by atoms with E-state index in [1.54, 1.807) is 12.1 Å². The molecular weight excluding hydrogens is 374 g/mol. The molecule has 3 amide bonds. The first kappa shape index (κ1) is 23.7. The van der Waals surface area contributed by atoms with Crippen molar-refractivity contribution in [1.82, 2.24) is 15.7 Å². The second kappa shape index (κ2) is 10.9. The highest BCUT2D eigenvalue weighted by Gasteiger charge is 2.47. The summed E-state index contributed by atoms with van der Waals surface area (Å²) >= 11 is 0. The lowest BCUT2D eigenvalue weighted by Gasteiger charge is -2.34. The number of benzene rings is 1. The second-order valence-corrected chi connectivity index (χ2v) is 6.58. The number of rotatable bonds is 6. The molecule has 0 bridgehead atoms. The van der Waals surface area contributed by atoms with Gasteiger partial charge in [0.1, 0.15) is 0 Å². The van der Waals surface area contributed by atoms with E-state index in [-0.39, 0.29) is 18.1 Å². The lowest BCUT2D eigenvalue weighted by atomic mass is 9.96. The van der Waals surface area contributed by atoms with Crippen molar-refractivity contribution in [3.05, 3.63) is 35.4 Å². The minimum absolute atomic E-state index is 0.0744. The van der Waals surface area contributed by atoms with Crippen molar-refractivity contribution in [3.63, 3.8) is 0 Å². The van der Waals surface area contributed by atoms with E-state index in [0.29, 0.717) is 12.0 Å². The van der Waals surface area contributed by atoms with E-state index < -0.39 is 23.3 Å². The van der Waals surface area contributed by atoms with Crippen LogP contribution < -0.4 is 10.8 Å². The topological polar surface area (TPSA) is 119 Å². The van der Waals surface area contributed by atoms with E-state index in [4.69, 9.17) is 10.3 Å². The zero-order valence-electron chi connectivity index (χ0n) is 16.9. The van der Waals surface area contributed by atoms with Gasteiger partial charge in [-0.15, -0.1) is 0 Å². The van der Waals surface area contributed by atoms with Crippen LogP contribution in [0.2, 0.25) is 0 Å². The fraction of sp³-hybridized carbons (Fsp3) is 0.381. The number of amides is 3. The van der Waals surface area contributed by atoms with E-state index in [2.05, 4.69) is 29.0 Å². The van der Waals surface area contributed by atoms with Gasteiger partial charge in [0.15, 0.2) is 5.54 Å². The summed E-state index contributed by atoms with van der Waals surface area (Å²) in [6.07, 6.45) is 0.552. The van der Waals surface area contributed by atoms with Gasteiger partial charge in [-0.2, -0.15) is 0 Å². The predicted octanol–water partition coefficient (Wildman–Crippen LogP) is 0.142. The number of hydrogen-bond acceptors (Lipinski definition) is 5. The van der Waals surface area contributed by atoms with Gasteiger partial charge < -0.3 is 15.3 Å². The molecule has 0 saturated heterocycles. The lowest BCUT2D eigenvalue weighted by Crippen LogP contribution is -2.64. The van der Waals surface area contributed by atoms with Crippen molar-refractivity contribution in [2.45, 2.75) is 25.8 Å². The highest BCUT2D eigenvalue weighted by Crippen LogP contribution is 2.18. The third-order valence-electron chi connectivity index (χ3n) is 4.44. The SMILES string of the molecule is CNC(=O)C(C)(C(=O)NO)N(C)C(=O)c1ccc(C#CC#CCC(C)CO)cc1. The number of carbonyl (C=O) groups excluding carboxylic acids is 3. The molecule has 4 N–H and O–H groups in total. The molecule has 0 aliphatic heterocycles. The molecule has 8 heteroatoms. The smallest absolute Gasteiger partial charge is 0.278 e. The van der Waals surface area contributed by atoms with Crippen molar-refractivity contribution in [3.8, 4) is 23.7 Å². The van der Waals surface area contributed by atoms with Crippen LogP contribution in [-0.4, -0.2) is 59.2 Å². The molecule has 0 aliphatic rings. The van der Waals surface area contributed by atoms with E-state index >= 15 is 0 Å². The summed E-state index contributed by atoms with van der Waals surface area (Å²) in [7, 11) is 2.62. The molecule has 1 rings (SSSR count). The van der Waals surface area contributed by atoms with E-state index in [0.717, 1.165) is 4.90 Å². The average Bonchev–Trinajstić information content (AvgIpc) is 2.76. The van der Waals surface area contributed by atoms with Gasteiger partial charge in [0.25, 0.3) is 17.7 Å². The molecule has 0 aromatic heterocycles. The molecule has 0 spiro atoms. The molecule has 0 radical (unpaired) electrons. The van der Waals surface area contributed by atoms with Crippen molar-refractivity contribution < 1.29 is 24.7 Å². The number of nitrogens with one attached hydrogen (secondary N) is 2. The molecule has 0 aliphatic carbocycles. The zero-order chi connectivity index (χ0) is 22.0. The third-order valence-corrected chi connectivity index (χ3v) is 4.44. The molecule has 2 unspecified atom stereocenters. The standard InChI is InChI=1S/C21H25N3O5/c1-15(14-25)8-6-5-7-9-16-10-12-17(13-11-16)18(26)24(4)21(2,19(27)22-3)20(28)23-29/h10-13,15,25,29H,8,14H2,1-4H3,(H,22,27)(H,23,28). The molecule has 2 atom stereocenters. The first-order chi connectivity index (χ1) is 13.7. The minimum atomic E-state index is -1.94. The lowest BCUT2D eigenvalue weighted by molar-refractivity contribution is -0.148. The van der Waals surface area contributed by atoms with Crippen LogP contribution in [0.1, 0.15) is 36.2 Å². The van der Waals surface area contributed by atoms with Crippen LogP contribution in [0, 0.1) is 29.6 Å². The number of nitrogens with zero attached hydrogens (tertiary/aromatic N) is 1. The van der Waals surface area contributed by atoms with Crippen LogP contribution in [0.15, 0.2) is 24.3 Å². The molecule has 0 fully saturated rings. The number of likely N-dealkylation sites (N-methyl/N-ethyl adjacent to an activating group) is 2. The van der Waals surface area contributed by atoms with E-state index in [1.807, 2.05) is 6.92 Å². The summed E-state index contributed by atoms with van der Waals surface area (Å²) < 4.78 is 0. The van der Waals surface area contributed by atoms with Crippen molar-refractivity contribution >= 4 is 17.7 Å². The molecule has 1 aromatic rings. The Labute approximate surface area is 170 Å². The van der Waals surface area contributed by atoms with Gasteiger partial charge in [0, 0.05) is 38.2 Å². The molecule has 0 heterocycles. The highest BCUT2D eigenvalue weighted by atomic mass is 16.5. The maximum Gasteiger partial charge on any atom is 0.278 e. The second-order valence-electron chi connectivity index (χ2n) is 6.58. The Morgan fingerprint density at radius 2 is 1.79 bits per heavy atom. The number of hydroxylamine groups is 1. The summed E-state index contributed by atoms with van der Waals surface area (Å²) in [4.78, 5) is 37.9. The van der Waals surface area contributed by atoms with Crippen LogP contribution >= 0.6 is 0 Å². The molecule has 8 nitrogen and oxygen atoms in total.